The van der Waals surface area contributed by atoms with Gasteiger partial charge in [0.05, 0.1) is 23.5 Å². The van der Waals surface area contributed by atoms with E-state index < -0.39 is 0 Å². The summed E-state index contributed by atoms with van der Waals surface area (Å²) in [5.41, 5.74) is 9.92. The number of ether oxygens (including phenoxy) is 1. The van der Waals surface area contributed by atoms with E-state index in [1.807, 2.05) is 41.5 Å². The minimum Gasteiger partial charge on any atom is -0.380 e. The van der Waals surface area contributed by atoms with Gasteiger partial charge in [0, 0.05) is 55.3 Å². The molecular weight excluding hydrogens is 368 g/mol. The van der Waals surface area contributed by atoms with Crippen LogP contribution in [-0.4, -0.2) is 36.3 Å². The number of nitrogens with zero attached hydrogens (tertiary/aromatic N) is 3. The predicted molar refractivity (Wildman–Crippen MR) is 113 cm³/mol. The summed E-state index contributed by atoms with van der Waals surface area (Å²) < 4.78 is 5.55. The van der Waals surface area contributed by atoms with Crippen molar-refractivity contribution < 1.29 is 4.74 Å². The number of anilines is 2. The minimum atomic E-state index is 0.0123. The highest BCUT2D eigenvalue weighted by Crippen LogP contribution is 2.26. The fourth-order valence-electron chi connectivity index (χ4n) is 3.73. The Balaban J connectivity index is 1.56. The molecule has 5 rings (SSSR count). The molecule has 1 fully saturated rings. The van der Waals surface area contributed by atoms with Crippen LogP contribution in [0.25, 0.3) is 16.6 Å². The molecule has 1 aromatic carbocycles. The number of fused-ring (bicyclic) bond motifs is 1. The van der Waals surface area contributed by atoms with Crippen molar-refractivity contribution in [2.75, 3.05) is 36.2 Å². The number of hydrazine groups is 2. The normalized spacial score (nSPS) is 17.2. The number of rotatable bonds is 3. The summed E-state index contributed by atoms with van der Waals surface area (Å²) >= 11 is 0. The first-order valence-corrected chi connectivity index (χ1v) is 9.71. The van der Waals surface area contributed by atoms with Gasteiger partial charge in [-0.25, -0.2) is 0 Å². The number of aromatic amines is 1. The van der Waals surface area contributed by atoms with Crippen molar-refractivity contribution in [1.29, 1.82) is 0 Å². The number of para-hydroxylation sites is 1. The molecule has 8 nitrogen and oxygen atoms in total. The molecule has 2 aromatic heterocycles. The molecule has 4 heterocycles. The van der Waals surface area contributed by atoms with E-state index in [9.17, 15) is 4.79 Å². The first-order chi connectivity index (χ1) is 14.3. The Bertz CT molecular complexity index is 1100. The van der Waals surface area contributed by atoms with Crippen LogP contribution in [0.5, 0.6) is 0 Å². The van der Waals surface area contributed by atoms with Crippen LogP contribution < -0.4 is 26.3 Å². The quantitative estimate of drug-likeness (QED) is 0.630. The maximum absolute atomic E-state index is 12.8. The van der Waals surface area contributed by atoms with Crippen molar-refractivity contribution >= 4 is 28.1 Å². The van der Waals surface area contributed by atoms with Crippen LogP contribution in [0.4, 0.5) is 11.5 Å². The van der Waals surface area contributed by atoms with Crippen molar-refractivity contribution in [2.24, 2.45) is 0 Å². The summed E-state index contributed by atoms with van der Waals surface area (Å²) in [6.07, 6.45) is 6.40. The van der Waals surface area contributed by atoms with Crippen LogP contribution in [0.1, 0.15) is 12.0 Å². The number of benzene rings is 1. The Morgan fingerprint density at radius 3 is 2.86 bits per heavy atom. The van der Waals surface area contributed by atoms with E-state index in [0.717, 1.165) is 54.4 Å². The van der Waals surface area contributed by atoms with Gasteiger partial charge in [-0.05, 0) is 24.6 Å². The third-order valence-corrected chi connectivity index (χ3v) is 5.21. The average Bonchev–Trinajstić information content (AvgIpc) is 3.09. The maximum atomic E-state index is 12.8. The Morgan fingerprint density at radius 1 is 1.07 bits per heavy atom. The standard InChI is InChI=1S/C21H22N6O2/c28-19-13-20(26-9-2-11-29-12-10-26)23-21-16(3-1-4-17(19)21)18-14-27(25-24-18)15-5-7-22-8-6-15/h1,3-8,13-14,24-25H,2,9-12H2,(H,23,28). The van der Waals surface area contributed by atoms with Gasteiger partial charge in [-0.1, -0.05) is 12.1 Å². The topological polar surface area (TPSA) is 85.5 Å². The molecule has 148 valence electrons. The molecule has 29 heavy (non-hydrogen) atoms. The maximum Gasteiger partial charge on any atom is 0.191 e. The predicted octanol–water partition coefficient (Wildman–Crippen LogP) is 1.98. The van der Waals surface area contributed by atoms with E-state index in [4.69, 9.17) is 4.74 Å². The van der Waals surface area contributed by atoms with Crippen molar-refractivity contribution in [3.8, 4) is 0 Å². The van der Waals surface area contributed by atoms with Crippen LogP contribution in [0, 0.1) is 0 Å². The molecule has 2 aliphatic rings. The van der Waals surface area contributed by atoms with Crippen molar-refractivity contribution in [3.63, 3.8) is 0 Å². The third-order valence-electron chi connectivity index (χ3n) is 5.21. The highest BCUT2D eigenvalue weighted by atomic mass is 16.5. The lowest BCUT2D eigenvalue weighted by molar-refractivity contribution is 0.152. The summed E-state index contributed by atoms with van der Waals surface area (Å²) in [5, 5.41) is 2.55. The van der Waals surface area contributed by atoms with Gasteiger partial charge in [-0.2, -0.15) is 0 Å². The van der Waals surface area contributed by atoms with E-state index in [0.29, 0.717) is 12.0 Å². The Kier molecular flexibility index (Phi) is 4.63. The van der Waals surface area contributed by atoms with Crippen molar-refractivity contribution in [3.05, 3.63) is 70.8 Å². The lowest BCUT2D eigenvalue weighted by atomic mass is 10.1. The molecule has 3 aromatic rings. The summed E-state index contributed by atoms with van der Waals surface area (Å²) in [4.78, 5) is 22.6. The van der Waals surface area contributed by atoms with Crippen molar-refractivity contribution in [1.82, 2.24) is 20.9 Å². The summed E-state index contributed by atoms with van der Waals surface area (Å²) in [6.45, 7) is 3.05. The van der Waals surface area contributed by atoms with E-state index >= 15 is 0 Å². The van der Waals surface area contributed by atoms with Crippen LogP contribution in [-0.2, 0) is 4.74 Å². The zero-order valence-corrected chi connectivity index (χ0v) is 15.9. The fraction of sp³-hybridized carbons (Fsp3) is 0.238. The molecule has 2 aliphatic heterocycles. The second-order valence-electron chi connectivity index (χ2n) is 7.05. The van der Waals surface area contributed by atoms with Crippen LogP contribution in [0.2, 0.25) is 0 Å². The minimum absolute atomic E-state index is 0.0123. The van der Waals surface area contributed by atoms with E-state index in [-0.39, 0.29) is 5.43 Å². The highest BCUT2D eigenvalue weighted by molar-refractivity contribution is 5.92. The van der Waals surface area contributed by atoms with Crippen LogP contribution >= 0.6 is 0 Å². The first kappa shape index (κ1) is 17.7. The van der Waals surface area contributed by atoms with Crippen LogP contribution in [0.3, 0.4) is 0 Å². The molecule has 0 bridgehead atoms. The molecule has 1 saturated heterocycles. The largest absolute Gasteiger partial charge is 0.380 e. The Labute approximate surface area is 167 Å². The van der Waals surface area contributed by atoms with E-state index in [2.05, 4.69) is 25.8 Å². The first-order valence-electron chi connectivity index (χ1n) is 9.71. The van der Waals surface area contributed by atoms with E-state index in [1.54, 1.807) is 18.5 Å². The Hall–Kier alpha value is -3.36. The van der Waals surface area contributed by atoms with Gasteiger partial charge in [-0.15, -0.1) is 5.53 Å². The monoisotopic (exact) mass is 390 g/mol. The van der Waals surface area contributed by atoms with E-state index in [1.165, 1.54) is 0 Å². The molecule has 0 saturated carbocycles. The third kappa shape index (κ3) is 3.43. The molecule has 0 radical (unpaired) electrons. The summed E-state index contributed by atoms with van der Waals surface area (Å²) in [7, 11) is 0. The number of aromatic nitrogens is 2. The van der Waals surface area contributed by atoms with Gasteiger partial charge in [0.15, 0.2) is 5.43 Å². The summed E-state index contributed by atoms with van der Waals surface area (Å²) in [5.74, 6) is 0.831. The molecule has 0 amide bonds. The molecular formula is C21H22N6O2. The number of pyridine rings is 2. The zero-order valence-electron chi connectivity index (χ0n) is 15.9. The molecule has 0 unspecified atom stereocenters. The SMILES string of the molecule is O=c1cc(N2CCCOCC2)[nH]c2c(C3=CN(c4ccncc4)NN3)cccc12. The molecule has 8 heteroatoms. The lowest BCUT2D eigenvalue weighted by Crippen LogP contribution is -2.36. The summed E-state index contributed by atoms with van der Waals surface area (Å²) in [6, 6.07) is 11.3. The van der Waals surface area contributed by atoms with Crippen molar-refractivity contribution in [2.45, 2.75) is 6.42 Å². The average molecular weight is 390 g/mol. The van der Waals surface area contributed by atoms with Crippen LogP contribution in [0.15, 0.2) is 59.8 Å². The lowest BCUT2D eigenvalue weighted by Gasteiger charge is -2.22. The second kappa shape index (κ2) is 7.57. The highest BCUT2D eigenvalue weighted by Gasteiger charge is 2.19. The molecule has 0 aliphatic carbocycles. The van der Waals surface area contributed by atoms with Gasteiger partial charge in [-0.3, -0.25) is 14.8 Å². The van der Waals surface area contributed by atoms with Gasteiger partial charge in [0.2, 0.25) is 0 Å². The molecule has 3 N–H and O–H groups in total. The van der Waals surface area contributed by atoms with Gasteiger partial charge < -0.3 is 20.0 Å². The second-order valence-corrected chi connectivity index (χ2v) is 7.05. The van der Waals surface area contributed by atoms with Gasteiger partial charge in [0.1, 0.15) is 5.82 Å². The van der Waals surface area contributed by atoms with Gasteiger partial charge in [0.25, 0.3) is 0 Å². The number of nitrogens with one attached hydrogen (secondary N) is 3. The molecule has 0 spiro atoms. The fourth-order valence-corrected chi connectivity index (χ4v) is 3.73. The van der Waals surface area contributed by atoms with Gasteiger partial charge >= 0.3 is 0 Å². The number of hydrogen-bond acceptors (Lipinski definition) is 7. The number of hydrogen-bond donors (Lipinski definition) is 3. The zero-order chi connectivity index (χ0) is 19.6. The molecule has 0 atom stereocenters. The smallest absolute Gasteiger partial charge is 0.191 e. The number of H-pyrrole nitrogens is 1. The Morgan fingerprint density at radius 2 is 1.97 bits per heavy atom.